The number of hydrogen-bond acceptors (Lipinski definition) is 34. The summed E-state index contributed by atoms with van der Waals surface area (Å²) in [6, 6.07) is 4.72. The molecule has 0 spiro atoms. The largest absolute Gasteiger partial charge is 0.479 e. The Balaban J connectivity index is 0.000000562. The van der Waals surface area contributed by atoms with Gasteiger partial charge in [-0.2, -0.15) is 15.4 Å². The fraction of sp³-hybridized carbons (Fsp3) is 0.592. The zero-order valence-corrected chi connectivity index (χ0v) is 67.3. The van der Waals surface area contributed by atoms with E-state index in [0.717, 1.165) is 131 Å². The fourth-order valence-electron chi connectivity index (χ4n) is 7.97. The lowest BCUT2D eigenvalue weighted by atomic mass is 10.2. The molecule has 9 aromatic heterocycles. The third-order valence-corrected chi connectivity index (χ3v) is 12.0. The smallest absolute Gasteiger partial charge is 0.223 e. The third-order valence-electron chi connectivity index (χ3n) is 12.0. The van der Waals surface area contributed by atoms with E-state index in [1.807, 2.05) is 164 Å². The van der Waals surface area contributed by atoms with Crippen LogP contribution in [0.25, 0.3) is 0 Å². The predicted octanol–water partition coefficient (Wildman–Crippen LogP) is 14.8. The number of hydrogen-bond donors (Lipinski definition) is 2. The molecule has 0 saturated carbocycles. The summed E-state index contributed by atoms with van der Waals surface area (Å²) in [6.07, 6.45) is 11.2. The van der Waals surface area contributed by atoms with Gasteiger partial charge >= 0.3 is 0 Å². The van der Waals surface area contributed by atoms with Crippen molar-refractivity contribution >= 4 is 29.1 Å². The molecule has 0 radical (unpaired) electrons. The van der Waals surface area contributed by atoms with Crippen molar-refractivity contribution in [2.75, 3.05) is 13.2 Å². The van der Waals surface area contributed by atoms with Gasteiger partial charge in [0.2, 0.25) is 23.6 Å². The first-order valence-electron chi connectivity index (χ1n) is 34.1. The molecule has 34 heteroatoms. The van der Waals surface area contributed by atoms with Crippen LogP contribution in [0.1, 0.15) is 207 Å². The minimum atomic E-state index is -0.000000000000000222. The SMILES string of the molecule is CC1=NC(C)CO1.CC1=NC(C)ON1.CC1=NCC(C)O1.CC1=NOC(C)C1.CC1=NOC(C)C1.CC1CC(C)ON1.Cc1cc(C)on1.Cc1cc(C)on1.Cc1cnc(C)o1.Cc1cnc(C)o1.Cc1coc(C)n1.Cc1coc(C)n1.Cc1nnc(C)o1.Cc1noc(C)n1.Cc1noc(C)n1. The first-order valence-corrected chi connectivity index (χ1v) is 34.1. The Bertz CT molecular complexity index is 3090. The molecule has 6 aliphatic heterocycles. The molecule has 9 aromatic rings. The monoisotopic (exact) mass is 1470 g/mol. The lowest BCUT2D eigenvalue weighted by Gasteiger charge is -1.98. The highest BCUT2D eigenvalue weighted by molar-refractivity contribution is 5.83. The molecule has 15 rings (SSSR count). The quantitative estimate of drug-likeness (QED) is 0.142. The molecule has 2 N–H and O–H groups in total. The van der Waals surface area contributed by atoms with Crippen molar-refractivity contribution in [2.45, 2.75) is 270 Å². The molecule has 1 saturated heterocycles. The van der Waals surface area contributed by atoms with E-state index in [1.54, 1.807) is 66.5 Å². The summed E-state index contributed by atoms with van der Waals surface area (Å²) in [5.41, 5.74) is 11.5. The Kier molecular flexibility index (Phi) is 46.0. The van der Waals surface area contributed by atoms with E-state index < -0.39 is 0 Å². The standard InChI is InChI=1S/C5H9NO.2C5H7NO.C5H9NO.2C5H7NO.C5H11NO.2C5H9NO.2C5H7NO.C4H6N2O.C4H8N2O.2C4H6N2O/c3*1-4-3-7-5(2)6-4;3*1-4-3-6-5(2)7-4;5*1-4-3-5(2)7-6-4;1-3-5-6-4(2)7-3;3*1-3-5-4(2)7-6-3/h4H,3H2,1-2H3;2*3H,1-2H3;4H,3H2,1-2H3;2*3H,1-2H3;4-6H,3H2,1-2H3;2*5H,3H2,1-2H3;2*3H,1-2H3;1-2H3;4H,1-2H3,(H,5,6);2*1-2H3. The molecular formula is C71H115N19O15. The highest BCUT2D eigenvalue weighted by Crippen LogP contribution is 2.10. The van der Waals surface area contributed by atoms with Crippen molar-refractivity contribution in [3.8, 4) is 0 Å². The van der Waals surface area contributed by atoms with Gasteiger partial charge in [0.1, 0.15) is 66.3 Å². The number of rotatable bonds is 0. The first kappa shape index (κ1) is 92.9. The number of oxazole rings is 4. The van der Waals surface area contributed by atoms with Gasteiger partial charge < -0.3 is 59.3 Å². The summed E-state index contributed by atoms with van der Waals surface area (Å²) in [6.45, 7) is 58.4. The van der Waals surface area contributed by atoms with Crippen LogP contribution in [0.4, 0.5) is 0 Å². The van der Waals surface area contributed by atoms with Crippen molar-refractivity contribution in [2.24, 2.45) is 25.3 Å². The van der Waals surface area contributed by atoms with Crippen molar-refractivity contribution in [1.29, 1.82) is 0 Å². The summed E-state index contributed by atoms with van der Waals surface area (Å²) in [5, 5.41) is 29.0. The van der Waals surface area contributed by atoms with Crippen LogP contribution < -0.4 is 11.0 Å². The van der Waals surface area contributed by atoms with Gasteiger partial charge in [-0.25, -0.2) is 34.8 Å². The second-order valence-electron chi connectivity index (χ2n) is 24.4. The predicted molar refractivity (Wildman–Crippen MR) is 395 cm³/mol. The van der Waals surface area contributed by atoms with Crippen LogP contribution in [-0.4, -0.2) is 146 Å². The Hall–Kier alpha value is -10.1. The summed E-state index contributed by atoms with van der Waals surface area (Å²) in [5.74, 6) is 12.8. The van der Waals surface area contributed by atoms with Crippen molar-refractivity contribution in [3.05, 3.63) is 142 Å². The Morgan fingerprint density at radius 1 is 0.419 bits per heavy atom. The zero-order valence-electron chi connectivity index (χ0n) is 67.3. The fourth-order valence-corrected chi connectivity index (χ4v) is 7.97. The minimum Gasteiger partial charge on any atom is -0.479 e. The lowest BCUT2D eigenvalue weighted by Crippen LogP contribution is -2.14. The van der Waals surface area contributed by atoms with Crippen molar-refractivity contribution < 1.29 is 69.0 Å². The molecule has 15 heterocycles. The Labute approximate surface area is 617 Å². The lowest BCUT2D eigenvalue weighted by molar-refractivity contribution is 0.0380. The van der Waals surface area contributed by atoms with Gasteiger partial charge in [-0.05, 0) is 145 Å². The number of nitrogens with zero attached hydrogens (tertiary/aromatic N) is 17. The third kappa shape index (κ3) is 50.8. The van der Waals surface area contributed by atoms with Gasteiger partial charge in [-0.3, -0.25) is 15.3 Å². The Morgan fingerprint density at radius 2 is 0.876 bits per heavy atom. The van der Waals surface area contributed by atoms with Crippen LogP contribution >= 0.6 is 0 Å². The molecule has 0 aromatic carbocycles. The maximum atomic E-state index is 5.11. The molecule has 34 nitrogen and oxygen atoms in total. The number of oxime groups is 2. The van der Waals surface area contributed by atoms with E-state index in [4.69, 9.17) is 60.0 Å². The number of aliphatic imine (C=N–C) groups is 3. The number of aromatic nitrogens is 12. The summed E-state index contributed by atoms with van der Waals surface area (Å²) in [4.78, 5) is 54.9. The van der Waals surface area contributed by atoms with Crippen LogP contribution in [0.3, 0.4) is 0 Å². The maximum absolute atomic E-state index is 5.11. The average molecular weight is 1470 g/mol. The molecule has 0 amide bonds. The van der Waals surface area contributed by atoms with E-state index in [0.29, 0.717) is 71.7 Å². The molecule has 584 valence electrons. The van der Waals surface area contributed by atoms with Crippen LogP contribution in [0.5, 0.6) is 0 Å². The molecule has 1 fully saturated rings. The molecule has 0 aliphatic carbocycles. The normalized spacial score (nSPS) is 18.3. The topological polar surface area (TPSA) is 414 Å². The molecule has 105 heavy (non-hydrogen) atoms. The van der Waals surface area contributed by atoms with Crippen LogP contribution in [0, 0.1) is 125 Å². The van der Waals surface area contributed by atoms with E-state index in [9.17, 15) is 0 Å². The number of aryl methyl sites for hydroxylation is 18. The van der Waals surface area contributed by atoms with Crippen molar-refractivity contribution in [3.63, 3.8) is 0 Å². The highest BCUT2D eigenvalue weighted by atomic mass is 16.7. The van der Waals surface area contributed by atoms with Crippen LogP contribution in [0.15, 0.2) is 103 Å². The maximum Gasteiger partial charge on any atom is 0.223 e. The molecule has 0 bridgehead atoms. The summed E-state index contributed by atoms with van der Waals surface area (Å²) >= 11 is 0. The van der Waals surface area contributed by atoms with Gasteiger partial charge in [-0.1, -0.05) is 30.9 Å². The first-order chi connectivity index (χ1) is 49.3. The number of ether oxygens (including phenoxy) is 2. The summed E-state index contributed by atoms with van der Waals surface area (Å²) < 4.78 is 53.3. The highest BCUT2D eigenvalue weighted by Gasteiger charge is 2.16. The van der Waals surface area contributed by atoms with Gasteiger partial charge in [0, 0.05) is 100 Å². The van der Waals surface area contributed by atoms with E-state index in [1.165, 1.54) is 0 Å². The molecule has 7 atom stereocenters. The van der Waals surface area contributed by atoms with E-state index in [2.05, 4.69) is 120 Å². The second-order valence-corrected chi connectivity index (χ2v) is 24.4. The number of amidine groups is 1. The van der Waals surface area contributed by atoms with E-state index in [-0.39, 0.29) is 6.23 Å². The average Bonchev–Trinajstić information content (AvgIpc) is 4.51. The molecule has 6 aliphatic rings. The second kappa shape index (κ2) is 52.0. The summed E-state index contributed by atoms with van der Waals surface area (Å²) in [7, 11) is 0. The van der Waals surface area contributed by atoms with Crippen molar-refractivity contribution in [1.82, 2.24) is 71.7 Å². The van der Waals surface area contributed by atoms with Gasteiger partial charge in [-0.15, -0.1) is 10.2 Å². The minimum absolute atomic E-state index is 0.000000000000000222. The zero-order chi connectivity index (χ0) is 79.1. The van der Waals surface area contributed by atoms with Crippen LogP contribution in [-0.2, 0) is 28.8 Å². The van der Waals surface area contributed by atoms with Gasteiger partial charge in [0.15, 0.2) is 53.2 Å². The van der Waals surface area contributed by atoms with Crippen LogP contribution in [0.2, 0.25) is 0 Å². The Morgan fingerprint density at radius 3 is 0.971 bits per heavy atom. The number of hydroxylamine groups is 2. The molecule has 7 unspecified atom stereocenters. The van der Waals surface area contributed by atoms with E-state index >= 15 is 0 Å². The number of nitrogens with one attached hydrogen (secondary N) is 2. The molecular weight excluding hydrogens is 1360 g/mol. The van der Waals surface area contributed by atoms with Gasteiger partial charge in [0.05, 0.1) is 65.3 Å². The van der Waals surface area contributed by atoms with Gasteiger partial charge in [0.25, 0.3) is 0 Å².